The van der Waals surface area contributed by atoms with Crippen LogP contribution < -0.4 is 10.1 Å². The Hall–Kier alpha value is -3.38. The summed E-state index contributed by atoms with van der Waals surface area (Å²) in [5, 5.41) is 10.5. The third-order valence-corrected chi connectivity index (χ3v) is 6.96. The van der Waals surface area contributed by atoms with Crippen molar-refractivity contribution in [3.8, 4) is 16.9 Å². The van der Waals surface area contributed by atoms with E-state index in [0.717, 1.165) is 68.7 Å². The highest BCUT2D eigenvalue weighted by atomic mass is 19.1. The molecule has 5 nitrogen and oxygen atoms in total. The SMILES string of the molecule is CCCCOc1cc(C)c(-c2cccc(C3CCc4cc(CCC)c(F)cc4N3)c2)c(C)c1.CCOC.O=CO. The minimum Gasteiger partial charge on any atom is -0.494 e. The summed E-state index contributed by atoms with van der Waals surface area (Å²) in [6.45, 7) is 11.9. The molecule has 1 atom stereocenters. The summed E-state index contributed by atoms with van der Waals surface area (Å²) in [5.74, 6) is 0.860. The fraction of sp³-hybridized carbons (Fsp3) is 0.441. The van der Waals surface area contributed by atoms with Crippen molar-refractivity contribution >= 4 is 12.2 Å². The second-order valence-corrected chi connectivity index (χ2v) is 10.0. The first-order valence-electron chi connectivity index (χ1n) is 14.3. The Morgan fingerprint density at radius 2 is 1.73 bits per heavy atom. The van der Waals surface area contributed by atoms with Crippen LogP contribution in [0, 0.1) is 19.7 Å². The smallest absolute Gasteiger partial charge is 0.290 e. The van der Waals surface area contributed by atoms with Crippen molar-refractivity contribution in [3.63, 3.8) is 0 Å². The zero-order chi connectivity index (χ0) is 29.5. The summed E-state index contributed by atoms with van der Waals surface area (Å²) in [6, 6.07) is 17.0. The number of hydrogen-bond donors (Lipinski definition) is 2. The molecule has 3 aromatic carbocycles. The number of anilines is 1. The molecule has 0 aliphatic carbocycles. The maximum atomic E-state index is 14.5. The molecule has 2 N–H and O–H groups in total. The number of hydrogen-bond acceptors (Lipinski definition) is 4. The molecule has 0 bridgehead atoms. The second kappa shape index (κ2) is 17.3. The van der Waals surface area contributed by atoms with Crippen LogP contribution in [0.15, 0.2) is 48.5 Å². The highest BCUT2D eigenvalue weighted by molar-refractivity contribution is 5.73. The standard InChI is InChI=1S/C30H36FNO.C3H8O.CH2O2/c1-5-7-14-33-26-15-20(3)30(21(4)16-26)25-11-8-10-23(18-25)28-13-12-24-17-22(9-6-2)27(31)19-29(24)32-28;1-3-4-2;2-1-3/h8,10-11,15-19,28,32H,5-7,9,12-14H2,1-4H3;3H2,1-2H3;1H,(H,2,3). The molecular weight excluding hydrogens is 505 g/mol. The normalized spacial score (nSPS) is 13.5. The number of rotatable bonds is 9. The summed E-state index contributed by atoms with van der Waals surface area (Å²) >= 11 is 0. The van der Waals surface area contributed by atoms with Crippen LogP contribution in [0.4, 0.5) is 10.1 Å². The second-order valence-electron chi connectivity index (χ2n) is 10.0. The van der Waals surface area contributed by atoms with Crippen molar-refractivity contribution in [2.45, 2.75) is 79.2 Å². The van der Waals surface area contributed by atoms with E-state index in [4.69, 9.17) is 14.6 Å². The van der Waals surface area contributed by atoms with Crippen molar-refractivity contribution in [1.82, 2.24) is 0 Å². The van der Waals surface area contributed by atoms with Crippen LogP contribution in [0.2, 0.25) is 0 Å². The monoisotopic (exact) mass is 551 g/mol. The number of fused-ring (bicyclic) bond motifs is 1. The molecule has 0 saturated heterocycles. The van der Waals surface area contributed by atoms with Crippen LogP contribution in [0.25, 0.3) is 11.1 Å². The van der Waals surface area contributed by atoms with Crippen LogP contribution >= 0.6 is 0 Å². The molecule has 0 saturated carbocycles. The Bertz CT molecular complexity index is 1190. The number of methoxy groups -OCH3 is 1. The Balaban J connectivity index is 0.000000722. The number of carboxylic acid groups (broad SMARTS) is 1. The van der Waals surface area contributed by atoms with Gasteiger partial charge in [-0.15, -0.1) is 0 Å². The van der Waals surface area contributed by atoms with Crippen LogP contribution in [0.1, 0.15) is 80.3 Å². The highest BCUT2D eigenvalue weighted by Gasteiger charge is 2.22. The van der Waals surface area contributed by atoms with Gasteiger partial charge in [0, 0.05) is 19.4 Å². The van der Waals surface area contributed by atoms with Gasteiger partial charge < -0.3 is 19.9 Å². The maximum Gasteiger partial charge on any atom is 0.290 e. The number of carbonyl (C=O) groups is 1. The molecule has 0 radical (unpaired) electrons. The first-order chi connectivity index (χ1) is 19.3. The molecule has 0 spiro atoms. The molecule has 0 aromatic heterocycles. The lowest BCUT2D eigenvalue weighted by Gasteiger charge is -2.28. The first kappa shape index (κ1) is 32.8. The van der Waals surface area contributed by atoms with Crippen LogP contribution in [-0.2, 0) is 22.4 Å². The molecule has 1 aliphatic rings. The van der Waals surface area contributed by atoms with Crippen molar-refractivity contribution in [1.29, 1.82) is 0 Å². The van der Waals surface area contributed by atoms with E-state index in [1.807, 2.05) is 6.92 Å². The van der Waals surface area contributed by atoms with Gasteiger partial charge in [0.2, 0.25) is 0 Å². The average Bonchev–Trinajstić information content (AvgIpc) is 2.94. The number of halogens is 1. The topological polar surface area (TPSA) is 67.8 Å². The zero-order valence-electron chi connectivity index (χ0n) is 25.0. The number of nitrogens with one attached hydrogen (secondary N) is 1. The number of ether oxygens (including phenoxy) is 2. The van der Waals surface area contributed by atoms with Crippen LogP contribution in [-0.4, -0.2) is 31.9 Å². The van der Waals surface area contributed by atoms with E-state index in [2.05, 4.69) is 80.2 Å². The Morgan fingerprint density at radius 1 is 1.05 bits per heavy atom. The average molecular weight is 552 g/mol. The van der Waals surface area contributed by atoms with Gasteiger partial charge >= 0.3 is 0 Å². The number of benzene rings is 3. The van der Waals surface area contributed by atoms with Gasteiger partial charge in [0.1, 0.15) is 11.6 Å². The van der Waals surface area contributed by atoms with Gasteiger partial charge in [0.25, 0.3) is 6.47 Å². The van der Waals surface area contributed by atoms with Gasteiger partial charge in [-0.2, -0.15) is 0 Å². The van der Waals surface area contributed by atoms with Gasteiger partial charge in [-0.25, -0.2) is 4.39 Å². The zero-order valence-corrected chi connectivity index (χ0v) is 25.0. The summed E-state index contributed by atoms with van der Waals surface area (Å²) < 4.78 is 25.0. The molecule has 1 aliphatic heterocycles. The summed E-state index contributed by atoms with van der Waals surface area (Å²) in [4.78, 5) is 8.36. The number of aryl methyl sites for hydroxylation is 4. The number of unbranched alkanes of at least 4 members (excludes halogenated alkanes) is 1. The third-order valence-electron chi connectivity index (χ3n) is 6.96. The van der Waals surface area contributed by atoms with Gasteiger partial charge in [-0.3, -0.25) is 4.79 Å². The molecule has 1 heterocycles. The van der Waals surface area contributed by atoms with Crippen molar-refractivity contribution in [3.05, 3.63) is 82.2 Å². The molecular formula is C34H46FNO4. The molecule has 218 valence electrons. The molecule has 40 heavy (non-hydrogen) atoms. The van der Waals surface area contributed by atoms with E-state index in [0.29, 0.717) is 0 Å². The van der Waals surface area contributed by atoms with Gasteiger partial charge in [-0.1, -0.05) is 51.0 Å². The lowest BCUT2D eigenvalue weighted by molar-refractivity contribution is -0.122. The van der Waals surface area contributed by atoms with Crippen LogP contribution in [0.5, 0.6) is 5.75 Å². The molecule has 6 heteroatoms. The van der Waals surface area contributed by atoms with E-state index >= 15 is 0 Å². The summed E-state index contributed by atoms with van der Waals surface area (Å²) in [5.41, 5.74) is 9.21. The Labute approximate surface area is 239 Å². The van der Waals surface area contributed by atoms with E-state index in [1.54, 1.807) is 13.2 Å². The molecule has 3 aromatic rings. The molecule has 1 unspecified atom stereocenters. The van der Waals surface area contributed by atoms with Crippen molar-refractivity contribution in [2.24, 2.45) is 0 Å². The van der Waals surface area contributed by atoms with Gasteiger partial charge in [0.15, 0.2) is 0 Å². The van der Waals surface area contributed by atoms with Crippen molar-refractivity contribution < 1.29 is 23.8 Å². The van der Waals surface area contributed by atoms with Crippen LogP contribution in [0.3, 0.4) is 0 Å². The lowest BCUT2D eigenvalue weighted by atomic mass is 9.89. The summed E-state index contributed by atoms with van der Waals surface area (Å²) in [7, 11) is 1.68. The highest BCUT2D eigenvalue weighted by Crippen LogP contribution is 2.37. The molecule has 4 rings (SSSR count). The maximum absolute atomic E-state index is 14.5. The van der Waals surface area contributed by atoms with E-state index in [-0.39, 0.29) is 18.3 Å². The Kier molecular flexibility index (Phi) is 14.2. The predicted octanol–water partition coefficient (Wildman–Crippen LogP) is 8.69. The lowest BCUT2D eigenvalue weighted by Crippen LogP contribution is -2.18. The van der Waals surface area contributed by atoms with E-state index in [9.17, 15) is 4.39 Å². The first-order valence-corrected chi connectivity index (χ1v) is 14.3. The van der Waals surface area contributed by atoms with E-state index in [1.165, 1.54) is 33.4 Å². The van der Waals surface area contributed by atoms with Gasteiger partial charge in [0.05, 0.1) is 12.6 Å². The Morgan fingerprint density at radius 3 is 2.33 bits per heavy atom. The fourth-order valence-electron chi connectivity index (χ4n) is 4.99. The fourth-order valence-corrected chi connectivity index (χ4v) is 4.99. The van der Waals surface area contributed by atoms with Gasteiger partial charge in [-0.05, 0) is 110 Å². The largest absolute Gasteiger partial charge is 0.494 e. The van der Waals surface area contributed by atoms with E-state index < -0.39 is 0 Å². The minimum atomic E-state index is -0.250. The van der Waals surface area contributed by atoms with Crippen molar-refractivity contribution in [2.75, 3.05) is 25.6 Å². The predicted molar refractivity (Wildman–Crippen MR) is 163 cm³/mol. The summed E-state index contributed by atoms with van der Waals surface area (Å²) in [6.07, 6.45) is 5.94. The third kappa shape index (κ3) is 9.37. The molecule has 0 amide bonds. The molecule has 0 fully saturated rings. The minimum absolute atomic E-state index is 0.0926. The quantitative estimate of drug-likeness (QED) is 0.206.